The van der Waals surface area contributed by atoms with Crippen LogP contribution in [0.3, 0.4) is 0 Å². The van der Waals surface area contributed by atoms with Crippen LogP contribution in [0.2, 0.25) is 0 Å². The van der Waals surface area contributed by atoms with Gasteiger partial charge in [-0.1, -0.05) is 43.7 Å². The molecular formula is C31H36N8O4S. The maximum Gasteiger partial charge on any atom is 0.243 e. The summed E-state index contributed by atoms with van der Waals surface area (Å²) in [5.41, 5.74) is 2.87. The minimum Gasteiger partial charge on any atom is -0.350 e. The fraction of sp³-hybridized carbons (Fsp3) is 0.452. The number of benzene rings is 1. The molecule has 5 atom stereocenters. The molecule has 4 N–H and O–H groups in total. The number of hydrogen-bond donors (Lipinski definition) is 4. The molecule has 0 spiro atoms. The van der Waals surface area contributed by atoms with Gasteiger partial charge < -0.3 is 20.5 Å². The van der Waals surface area contributed by atoms with E-state index >= 15 is 0 Å². The first-order valence-electron chi connectivity index (χ1n) is 15.1. The number of H-pyrrole nitrogens is 1. The first-order chi connectivity index (χ1) is 21.3. The van der Waals surface area contributed by atoms with Crippen LogP contribution < -0.4 is 16.0 Å². The molecule has 12 nitrogen and oxygen atoms in total. The van der Waals surface area contributed by atoms with Gasteiger partial charge in [0.05, 0.1) is 24.8 Å². The molecule has 1 aromatic carbocycles. The normalized spacial score (nSPS) is 20.8. The standard InChI is InChI=1S/C31H36N8O4S/c1-3-17(2)28(34-26(41)13-20-16-44-24-7-5-4-6-21(20)24)31(43)33-22-9-8-18-10-11-39-15-19(12-23(40)27(22)29(18)39)30(42)32-14-25-35-37-38-36-25/h4-7,10-11,16-17,19,22,27-28H,3,8-9,12-15H2,1-2H3,(H,32,42)(H,33,43)(H,34,41)(H,35,36,37,38)/t17-,19-,22-,27?,28-/m0/s1. The van der Waals surface area contributed by atoms with Gasteiger partial charge in [-0.25, -0.2) is 0 Å². The third-order valence-electron chi connectivity index (χ3n) is 8.96. The molecule has 0 radical (unpaired) electrons. The average molecular weight is 617 g/mol. The molecule has 13 heteroatoms. The highest BCUT2D eigenvalue weighted by Gasteiger charge is 2.43. The third-order valence-corrected chi connectivity index (χ3v) is 9.97. The predicted molar refractivity (Wildman–Crippen MR) is 163 cm³/mol. The molecule has 1 aliphatic carbocycles. The molecule has 1 unspecified atom stereocenters. The molecule has 1 aliphatic heterocycles. The van der Waals surface area contributed by atoms with Crippen molar-refractivity contribution in [2.24, 2.45) is 11.8 Å². The molecule has 0 fully saturated rings. The molecule has 0 bridgehead atoms. The maximum atomic E-state index is 13.8. The van der Waals surface area contributed by atoms with E-state index in [0.717, 1.165) is 26.9 Å². The molecular weight excluding hydrogens is 580 g/mol. The van der Waals surface area contributed by atoms with E-state index in [1.807, 2.05) is 60.3 Å². The first kappa shape index (κ1) is 29.7. The highest BCUT2D eigenvalue weighted by Crippen LogP contribution is 2.38. The number of amides is 3. The number of hydrogen-bond acceptors (Lipinski definition) is 8. The van der Waals surface area contributed by atoms with Crippen molar-refractivity contribution in [2.75, 3.05) is 0 Å². The van der Waals surface area contributed by atoms with Gasteiger partial charge in [-0.05, 0) is 52.8 Å². The number of rotatable bonds is 10. The van der Waals surface area contributed by atoms with Crippen molar-refractivity contribution in [1.29, 1.82) is 0 Å². The second-order valence-corrected chi connectivity index (χ2v) is 12.7. The fourth-order valence-electron chi connectivity index (χ4n) is 6.44. The van der Waals surface area contributed by atoms with Gasteiger partial charge in [0.1, 0.15) is 11.8 Å². The number of carbonyl (C=O) groups is 4. The summed E-state index contributed by atoms with van der Waals surface area (Å²) in [6.07, 6.45) is 4.15. The van der Waals surface area contributed by atoms with Crippen LogP contribution in [0.1, 0.15) is 61.7 Å². The van der Waals surface area contributed by atoms with Crippen LogP contribution in [-0.2, 0) is 45.1 Å². The van der Waals surface area contributed by atoms with Crippen molar-refractivity contribution in [2.45, 2.75) is 77.0 Å². The van der Waals surface area contributed by atoms with Crippen LogP contribution in [0.15, 0.2) is 41.9 Å². The summed E-state index contributed by atoms with van der Waals surface area (Å²) in [7, 11) is 0. The molecule has 4 aromatic rings. The van der Waals surface area contributed by atoms with Crippen molar-refractivity contribution in [3.8, 4) is 0 Å². The van der Waals surface area contributed by atoms with E-state index in [1.54, 1.807) is 11.3 Å². The predicted octanol–water partition coefficient (Wildman–Crippen LogP) is 2.41. The van der Waals surface area contributed by atoms with E-state index in [4.69, 9.17) is 0 Å². The quantitative estimate of drug-likeness (QED) is 0.213. The zero-order chi connectivity index (χ0) is 30.8. The molecule has 0 saturated heterocycles. The first-order valence-corrected chi connectivity index (χ1v) is 16.0. The Morgan fingerprint density at radius 2 is 2.05 bits per heavy atom. The van der Waals surface area contributed by atoms with E-state index in [0.29, 0.717) is 31.6 Å². The van der Waals surface area contributed by atoms with Gasteiger partial charge in [0.2, 0.25) is 17.7 Å². The lowest BCUT2D eigenvalue weighted by molar-refractivity contribution is -0.132. The molecule has 44 heavy (non-hydrogen) atoms. The van der Waals surface area contributed by atoms with Gasteiger partial charge >= 0.3 is 0 Å². The number of nitrogens with zero attached hydrogens (tertiary/aromatic N) is 4. The van der Waals surface area contributed by atoms with Crippen LogP contribution in [0.5, 0.6) is 0 Å². The summed E-state index contributed by atoms with van der Waals surface area (Å²) in [6.45, 7) is 4.40. The molecule has 0 saturated carbocycles. The summed E-state index contributed by atoms with van der Waals surface area (Å²) in [5, 5.41) is 25.6. The SMILES string of the molecule is CC[C@H](C)[C@H](NC(=O)Cc1csc2ccccc12)C(=O)N[C@H]1CCc2ccn3c2C1C(=O)C[C@H](C(=O)NCc1nn[nH]n1)C3. The van der Waals surface area contributed by atoms with E-state index in [1.165, 1.54) is 0 Å². The van der Waals surface area contributed by atoms with Gasteiger partial charge in [-0.2, -0.15) is 5.21 Å². The van der Waals surface area contributed by atoms with E-state index in [2.05, 4.69) is 36.6 Å². The Balaban J connectivity index is 1.16. The Morgan fingerprint density at radius 3 is 2.84 bits per heavy atom. The number of fused-ring (bicyclic) bond motifs is 1. The fourth-order valence-corrected chi connectivity index (χ4v) is 7.40. The number of Topliss-reactive ketones (excluding diaryl/α,β-unsaturated/α-hetero) is 1. The third kappa shape index (κ3) is 6.01. The molecule has 4 heterocycles. The summed E-state index contributed by atoms with van der Waals surface area (Å²) in [4.78, 5) is 53.9. The number of thiophene rings is 1. The van der Waals surface area contributed by atoms with E-state index in [9.17, 15) is 19.2 Å². The Labute approximate surface area is 258 Å². The van der Waals surface area contributed by atoms with Crippen LogP contribution in [0.25, 0.3) is 10.1 Å². The molecule has 3 amide bonds. The van der Waals surface area contributed by atoms with Gasteiger partial charge in [0.15, 0.2) is 5.82 Å². The van der Waals surface area contributed by atoms with Crippen molar-refractivity contribution < 1.29 is 19.2 Å². The summed E-state index contributed by atoms with van der Waals surface area (Å²) in [6, 6.07) is 8.79. The van der Waals surface area contributed by atoms with Gasteiger partial charge in [-0.3, -0.25) is 19.2 Å². The molecule has 3 aromatic heterocycles. The number of aromatic nitrogens is 5. The van der Waals surface area contributed by atoms with Crippen molar-refractivity contribution >= 4 is 44.9 Å². The van der Waals surface area contributed by atoms with Crippen LogP contribution >= 0.6 is 11.3 Å². The molecule has 230 valence electrons. The van der Waals surface area contributed by atoms with Crippen LogP contribution in [0, 0.1) is 11.8 Å². The average Bonchev–Trinajstić information content (AvgIpc) is 3.77. The lowest BCUT2D eigenvalue weighted by Crippen LogP contribution is -2.55. The Hall–Kier alpha value is -4.39. The van der Waals surface area contributed by atoms with Crippen molar-refractivity contribution in [1.82, 2.24) is 41.1 Å². The minimum absolute atomic E-state index is 0.0519. The number of aromatic amines is 1. The Kier molecular flexibility index (Phi) is 8.56. The lowest BCUT2D eigenvalue weighted by Gasteiger charge is -2.34. The van der Waals surface area contributed by atoms with Crippen LogP contribution in [-0.4, -0.2) is 60.8 Å². The summed E-state index contributed by atoms with van der Waals surface area (Å²) >= 11 is 1.60. The highest BCUT2D eigenvalue weighted by atomic mass is 32.1. The van der Waals surface area contributed by atoms with Crippen LogP contribution in [0.4, 0.5) is 0 Å². The largest absolute Gasteiger partial charge is 0.350 e. The van der Waals surface area contributed by atoms with E-state index in [-0.39, 0.29) is 48.8 Å². The highest BCUT2D eigenvalue weighted by molar-refractivity contribution is 7.17. The minimum atomic E-state index is -0.741. The number of nitrogens with one attached hydrogen (secondary N) is 4. The van der Waals surface area contributed by atoms with Gasteiger partial charge in [-0.15, -0.1) is 21.5 Å². The number of carbonyl (C=O) groups excluding carboxylic acids is 4. The Bertz CT molecular complexity index is 1680. The second-order valence-electron chi connectivity index (χ2n) is 11.8. The zero-order valence-electron chi connectivity index (χ0n) is 24.7. The summed E-state index contributed by atoms with van der Waals surface area (Å²) in [5.74, 6) is -1.75. The second kappa shape index (κ2) is 12.7. The molecule has 6 rings (SSSR count). The number of aryl methyl sites for hydroxylation is 1. The molecule has 2 aliphatic rings. The zero-order valence-corrected chi connectivity index (χ0v) is 25.5. The van der Waals surface area contributed by atoms with Gasteiger partial charge in [0, 0.05) is 35.6 Å². The van der Waals surface area contributed by atoms with Crippen molar-refractivity contribution in [3.05, 3.63) is 64.6 Å². The van der Waals surface area contributed by atoms with Crippen molar-refractivity contribution in [3.63, 3.8) is 0 Å². The number of ketones is 1. The monoisotopic (exact) mass is 616 g/mol. The Morgan fingerprint density at radius 1 is 1.20 bits per heavy atom. The van der Waals surface area contributed by atoms with Gasteiger partial charge in [0.25, 0.3) is 0 Å². The van der Waals surface area contributed by atoms with E-state index < -0.39 is 23.9 Å². The maximum absolute atomic E-state index is 13.8. The smallest absolute Gasteiger partial charge is 0.243 e. The lowest BCUT2D eigenvalue weighted by atomic mass is 9.79. The topological polar surface area (TPSA) is 164 Å². The number of tetrazole rings is 1. The summed E-state index contributed by atoms with van der Waals surface area (Å²) < 4.78 is 3.11.